The highest BCUT2D eigenvalue weighted by Crippen LogP contribution is 2.17. The van der Waals surface area contributed by atoms with Crippen molar-refractivity contribution < 1.29 is 8.42 Å². The molecule has 4 nitrogen and oxygen atoms in total. The number of benzene rings is 1. The first-order chi connectivity index (χ1) is 9.53. The molecule has 1 saturated heterocycles. The molecular formula is C15H24N2O2S. The van der Waals surface area contributed by atoms with Crippen LogP contribution < -0.4 is 4.72 Å². The van der Waals surface area contributed by atoms with Gasteiger partial charge in [0.25, 0.3) is 0 Å². The van der Waals surface area contributed by atoms with Crippen LogP contribution in [0.4, 0.5) is 0 Å². The van der Waals surface area contributed by atoms with E-state index in [-0.39, 0.29) is 0 Å². The lowest BCUT2D eigenvalue weighted by atomic mass is 10.1. The minimum atomic E-state index is -3.36. The molecule has 0 aromatic heterocycles. The Morgan fingerprint density at radius 1 is 1.30 bits per heavy atom. The molecule has 0 saturated carbocycles. The highest BCUT2D eigenvalue weighted by molar-refractivity contribution is 7.89. The molecule has 0 radical (unpaired) electrons. The summed E-state index contributed by atoms with van der Waals surface area (Å²) < 4.78 is 27.0. The van der Waals surface area contributed by atoms with Gasteiger partial charge in [-0.15, -0.1) is 0 Å². The lowest BCUT2D eigenvalue weighted by Crippen LogP contribution is -2.31. The van der Waals surface area contributed by atoms with E-state index in [1.54, 1.807) is 12.1 Å². The summed E-state index contributed by atoms with van der Waals surface area (Å²) in [7, 11) is -1.26. The van der Waals surface area contributed by atoms with Crippen LogP contribution in [-0.4, -0.2) is 39.5 Å². The van der Waals surface area contributed by atoms with E-state index in [2.05, 4.69) is 23.6 Å². The van der Waals surface area contributed by atoms with Crippen molar-refractivity contribution in [3.8, 4) is 0 Å². The topological polar surface area (TPSA) is 49.4 Å². The minimum absolute atomic E-state index is 0.356. The maximum absolute atomic E-state index is 12.2. The number of hydrogen-bond acceptors (Lipinski definition) is 3. The molecule has 1 aliphatic heterocycles. The standard InChI is InChI=1S/C15H24N2O2S/c1-3-13-6-8-15(9-7-13)20(18,19)16-11-10-14-5-4-12-17(14)2/h6-9,14,16H,3-5,10-12H2,1-2H3. The molecule has 0 aliphatic carbocycles. The first kappa shape index (κ1) is 15.5. The van der Waals surface area contributed by atoms with Crippen LogP contribution in [0.3, 0.4) is 0 Å². The lowest BCUT2D eigenvalue weighted by Gasteiger charge is -2.19. The second-order valence-corrected chi connectivity index (χ2v) is 7.23. The van der Waals surface area contributed by atoms with Gasteiger partial charge in [0, 0.05) is 12.6 Å². The van der Waals surface area contributed by atoms with Gasteiger partial charge in [0.05, 0.1) is 4.90 Å². The zero-order valence-electron chi connectivity index (χ0n) is 12.3. The van der Waals surface area contributed by atoms with E-state index < -0.39 is 10.0 Å². The Morgan fingerprint density at radius 3 is 2.55 bits per heavy atom. The van der Waals surface area contributed by atoms with Crippen molar-refractivity contribution in [3.63, 3.8) is 0 Å². The number of nitrogens with zero attached hydrogens (tertiary/aromatic N) is 1. The number of rotatable bonds is 6. The Hall–Kier alpha value is -0.910. The van der Waals surface area contributed by atoms with Gasteiger partial charge in [0.2, 0.25) is 10.0 Å². The first-order valence-corrected chi connectivity index (χ1v) is 8.80. The largest absolute Gasteiger partial charge is 0.303 e. The molecule has 1 atom stereocenters. The molecule has 0 amide bonds. The van der Waals surface area contributed by atoms with Gasteiger partial charge >= 0.3 is 0 Å². The summed E-state index contributed by atoms with van der Waals surface area (Å²) in [6.45, 7) is 3.68. The Balaban J connectivity index is 1.89. The molecule has 1 unspecified atom stereocenters. The van der Waals surface area contributed by atoms with E-state index in [1.165, 1.54) is 12.8 Å². The van der Waals surface area contributed by atoms with Gasteiger partial charge in [-0.2, -0.15) is 0 Å². The Labute approximate surface area is 122 Å². The van der Waals surface area contributed by atoms with Crippen LogP contribution in [0.1, 0.15) is 31.7 Å². The van der Waals surface area contributed by atoms with Crippen LogP contribution in [0.15, 0.2) is 29.2 Å². The highest BCUT2D eigenvalue weighted by atomic mass is 32.2. The van der Waals surface area contributed by atoms with Gasteiger partial charge in [0.1, 0.15) is 0 Å². The smallest absolute Gasteiger partial charge is 0.240 e. The van der Waals surface area contributed by atoms with E-state index in [0.29, 0.717) is 17.5 Å². The van der Waals surface area contributed by atoms with Crippen molar-refractivity contribution in [2.24, 2.45) is 0 Å². The Kier molecular flexibility index (Phi) is 5.18. The van der Waals surface area contributed by atoms with Crippen LogP contribution in [0.5, 0.6) is 0 Å². The normalized spacial score (nSPS) is 20.4. The molecule has 1 fully saturated rings. The maximum Gasteiger partial charge on any atom is 0.240 e. The van der Waals surface area contributed by atoms with Gasteiger partial charge in [0.15, 0.2) is 0 Å². The molecule has 2 rings (SSSR count). The fraction of sp³-hybridized carbons (Fsp3) is 0.600. The third-order valence-corrected chi connectivity index (χ3v) is 5.56. The second kappa shape index (κ2) is 6.70. The minimum Gasteiger partial charge on any atom is -0.303 e. The molecule has 5 heteroatoms. The van der Waals surface area contributed by atoms with Crippen LogP contribution in [0.25, 0.3) is 0 Å². The SMILES string of the molecule is CCc1ccc(S(=O)(=O)NCCC2CCCN2C)cc1. The summed E-state index contributed by atoms with van der Waals surface area (Å²) in [5.74, 6) is 0. The molecule has 20 heavy (non-hydrogen) atoms. The summed E-state index contributed by atoms with van der Waals surface area (Å²) >= 11 is 0. The average Bonchev–Trinajstić information content (AvgIpc) is 2.84. The van der Waals surface area contributed by atoms with E-state index >= 15 is 0 Å². The number of aryl methyl sites for hydroxylation is 1. The summed E-state index contributed by atoms with van der Waals surface area (Å²) in [4.78, 5) is 2.67. The van der Waals surface area contributed by atoms with Crippen molar-refractivity contribution in [1.29, 1.82) is 0 Å². The highest BCUT2D eigenvalue weighted by Gasteiger charge is 2.21. The molecule has 1 heterocycles. The molecule has 1 aliphatic rings. The van der Waals surface area contributed by atoms with Gasteiger partial charge in [-0.25, -0.2) is 13.1 Å². The predicted molar refractivity (Wildman–Crippen MR) is 81.3 cm³/mol. The summed E-state index contributed by atoms with van der Waals surface area (Å²) in [6.07, 6.45) is 4.18. The summed E-state index contributed by atoms with van der Waals surface area (Å²) in [5, 5.41) is 0. The van der Waals surface area contributed by atoms with E-state index in [4.69, 9.17) is 0 Å². The van der Waals surface area contributed by atoms with Gasteiger partial charge < -0.3 is 4.90 Å². The average molecular weight is 296 g/mol. The second-order valence-electron chi connectivity index (χ2n) is 5.46. The Morgan fingerprint density at radius 2 is 2.00 bits per heavy atom. The van der Waals surface area contributed by atoms with E-state index in [0.717, 1.165) is 24.9 Å². The van der Waals surface area contributed by atoms with Crippen molar-refractivity contribution in [2.45, 2.75) is 43.5 Å². The van der Waals surface area contributed by atoms with Crippen LogP contribution in [-0.2, 0) is 16.4 Å². The van der Waals surface area contributed by atoms with Gasteiger partial charge in [-0.3, -0.25) is 0 Å². The molecule has 1 N–H and O–H groups in total. The quantitative estimate of drug-likeness (QED) is 0.873. The van der Waals surface area contributed by atoms with Gasteiger partial charge in [-0.05, 0) is 57.0 Å². The zero-order valence-corrected chi connectivity index (χ0v) is 13.1. The van der Waals surface area contributed by atoms with E-state index in [9.17, 15) is 8.42 Å². The van der Waals surface area contributed by atoms with Crippen LogP contribution in [0, 0.1) is 0 Å². The van der Waals surface area contributed by atoms with Gasteiger partial charge in [-0.1, -0.05) is 19.1 Å². The van der Waals surface area contributed by atoms with Crippen LogP contribution >= 0.6 is 0 Å². The number of likely N-dealkylation sites (tertiary alicyclic amines) is 1. The molecule has 0 bridgehead atoms. The van der Waals surface area contributed by atoms with Crippen molar-refractivity contribution in [1.82, 2.24) is 9.62 Å². The van der Waals surface area contributed by atoms with Crippen molar-refractivity contribution in [2.75, 3.05) is 20.1 Å². The van der Waals surface area contributed by atoms with E-state index in [1.807, 2.05) is 12.1 Å². The molecular weight excluding hydrogens is 272 g/mol. The fourth-order valence-corrected chi connectivity index (χ4v) is 3.74. The predicted octanol–water partition coefficient (Wildman–Crippen LogP) is 2.01. The monoisotopic (exact) mass is 296 g/mol. The lowest BCUT2D eigenvalue weighted by molar-refractivity contribution is 0.297. The Bertz CT molecular complexity index is 525. The first-order valence-electron chi connectivity index (χ1n) is 7.32. The molecule has 112 valence electrons. The summed E-state index contributed by atoms with van der Waals surface area (Å²) in [5.41, 5.74) is 1.15. The number of hydrogen-bond donors (Lipinski definition) is 1. The van der Waals surface area contributed by atoms with Crippen LogP contribution in [0.2, 0.25) is 0 Å². The fourth-order valence-electron chi connectivity index (χ4n) is 2.69. The van der Waals surface area contributed by atoms with Crippen molar-refractivity contribution >= 4 is 10.0 Å². The number of sulfonamides is 1. The third-order valence-electron chi connectivity index (χ3n) is 4.08. The summed E-state index contributed by atoms with van der Waals surface area (Å²) in [6, 6.07) is 7.63. The molecule has 0 spiro atoms. The van der Waals surface area contributed by atoms with Crippen molar-refractivity contribution in [3.05, 3.63) is 29.8 Å². The third kappa shape index (κ3) is 3.81. The number of nitrogens with one attached hydrogen (secondary N) is 1. The maximum atomic E-state index is 12.2. The zero-order chi connectivity index (χ0) is 14.6. The molecule has 1 aromatic rings. The molecule has 1 aromatic carbocycles.